The Kier molecular flexibility index (Phi) is 3.92. The Morgan fingerprint density at radius 2 is 2.14 bits per heavy atom. The number of methoxy groups -OCH3 is 1. The van der Waals surface area contributed by atoms with Crippen LogP contribution in [0.15, 0.2) is 24.4 Å². The zero-order valence-corrected chi connectivity index (χ0v) is 12.8. The third-order valence-corrected chi connectivity index (χ3v) is 5.04. The summed E-state index contributed by atoms with van der Waals surface area (Å²) in [7, 11) is 1.41. The van der Waals surface area contributed by atoms with E-state index in [0.29, 0.717) is 15.8 Å². The van der Waals surface area contributed by atoms with Gasteiger partial charge in [0.05, 0.1) is 17.8 Å². The number of carbonyl (C=O) groups excluding carboxylic acids is 1. The molecule has 2 aromatic rings. The van der Waals surface area contributed by atoms with Crippen molar-refractivity contribution < 1.29 is 9.53 Å². The Hall–Kier alpha value is -1.88. The van der Waals surface area contributed by atoms with Gasteiger partial charge in [-0.3, -0.25) is 4.98 Å². The normalized spacial score (nSPS) is 15.3. The van der Waals surface area contributed by atoms with Crippen molar-refractivity contribution in [1.29, 1.82) is 0 Å². The molecule has 0 amide bonds. The first kappa shape index (κ1) is 14.1. The van der Waals surface area contributed by atoms with Gasteiger partial charge in [0.2, 0.25) is 0 Å². The highest BCUT2D eigenvalue weighted by atomic mass is 32.1. The predicted octanol–water partition coefficient (Wildman–Crippen LogP) is 3.84. The van der Waals surface area contributed by atoms with Crippen LogP contribution < -0.4 is 5.73 Å². The molecule has 2 N–H and O–H groups in total. The topological polar surface area (TPSA) is 65.2 Å². The third-order valence-electron chi connectivity index (χ3n) is 4.03. The third kappa shape index (κ3) is 2.53. The van der Waals surface area contributed by atoms with Gasteiger partial charge >= 0.3 is 5.97 Å². The molecule has 1 aliphatic rings. The highest BCUT2D eigenvalue weighted by Crippen LogP contribution is 2.47. The van der Waals surface area contributed by atoms with Crippen LogP contribution in [0.5, 0.6) is 0 Å². The molecule has 0 spiro atoms. The van der Waals surface area contributed by atoms with Gasteiger partial charge in [-0.1, -0.05) is 18.9 Å². The second-order valence-corrected chi connectivity index (χ2v) is 6.32. The van der Waals surface area contributed by atoms with Crippen molar-refractivity contribution in [3.8, 4) is 11.3 Å². The maximum absolute atomic E-state index is 12.1. The van der Waals surface area contributed by atoms with Gasteiger partial charge in [-0.15, -0.1) is 11.3 Å². The molecule has 0 unspecified atom stereocenters. The molecule has 5 heteroatoms. The van der Waals surface area contributed by atoms with Crippen LogP contribution in [0.1, 0.15) is 46.8 Å². The Labute approximate surface area is 128 Å². The van der Waals surface area contributed by atoms with Gasteiger partial charge in [0.15, 0.2) is 0 Å². The van der Waals surface area contributed by atoms with E-state index in [1.54, 1.807) is 6.20 Å². The molecule has 1 aliphatic carbocycles. The van der Waals surface area contributed by atoms with Crippen molar-refractivity contribution in [1.82, 2.24) is 4.98 Å². The van der Waals surface area contributed by atoms with Gasteiger partial charge in [-0.25, -0.2) is 4.79 Å². The summed E-state index contributed by atoms with van der Waals surface area (Å²) in [4.78, 5) is 17.2. The molecule has 1 saturated carbocycles. The predicted molar refractivity (Wildman–Crippen MR) is 84.5 cm³/mol. The molecule has 2 aromatic heterocycles. The lowest BCUT2D eigenvalue weighted by molar-refractivity contribution is 0.0604. The van der Waals surface area contributed by atoms with Crippen molar-refractivity contribution in [3.63, 3.8) is 0 Å². The van der Waals surface area contributed by atoms with E-state index in [1.165, 1.54) is 31.3 Å². The minimum absolute atomic E-state index is 0.296. The van der Waals surface area contributed by atoms with Gasteiger partial charge < -0.3 is 10.5 Å². The van der Waals surface area contributed by atoms with E-state index in [-0.39, 0.29) is 5.97 Å². The summed E-state index contributed by atoms with van der Waals surface area (Å²) in [5.41, 5.74) is 9.01. The number of anilines is 1. The molecule has 2 heterocycles. The number of aromatic nitrogens is 1. The number of nitrogen functional groups attached to an aromatic ring is 1. The van der Waals surface area contributed by atoms with E-state index in [4.69, 9.17) is 10.5 Å². The number of hydrogen-bond donors (Lipinski definition) is 1. The molecule has 0 radical (unpaired) electrons. The van der Waals surface area contributed by atoms with Crippen LogP contribution in [0.3, 0.4) is 0 Å². The summed E-state index contributed by atoms with van der Waals surface area (Å²) in [6, 6.07) is 5.76. The average molecular weight is 302 g/mol. The SMILES string of the molecule is COC(=O)c1sc(N)c(-c2ccccn2)c1C1CCCC1. The number of esters is 1. The zero-order chi connectivity index (χ0) is 14.8. The molecular formula is C16H18N2O2S. The standard InChI is InChI=1S/C16H18N2O2S/c1-20-16(19)14-12(10-6-2-3-7-10)13(15(17)21-14)11-8-4-5-9-18-11/h4-5,8-10H,2-3,6-7,17H2,1H3. The Bertz CT molecular complexity index is 646. The van der Waals surface area contributed by atoms with Gasteiger partial charge in [0.25, 0.3) is 0 Å². The Morgan fingerprint density at radius 3 is 2.76 bits per heavy atom. The van der Waals surface area contributed by atoms with Crippen LogP contribution in [-0.2, 0) is 4.74 Å². The number of rotatable bonds is 3. The zero-order valence-electron chi connectivity index (χ0n) is 12.0. The van der Waals surface area contributed by atoms with Gasteiger partial charge in [-0.2, -0.15) is 0 Å². The van der Waals surface area contributed by atoms with E-state index in [9.17, 15) is 4.79 Å². The summed E-state index contributed by atoms with van der Waals surface area (Å²) in [6.45, 7) is 0. The lowest BCUT2D eigenvalue weighted by atomic mass is 9.92. The van der Waals surface area contributed by atoms with Gasteiger partial charge in [-0.05, 0) is 36.5 Å². The number of nitrogens with zero attached hydrogens (tertiary/aromatic N) is 1. The molecule has 0 atom stereocenters. The fraction of sp³-hybridized carbons (Fsp3) is 0.375. The van der Waals surface area contributed by atoms with Gasteiger partial charge in [0.1, 0.15) is 4.88 Å². The lowest BCUT2D eigenvalue weighted by Crippen LogP contribution is -2.05. The Balaban J connectivity index is 2.18. The van der Waals surface area contributed by atoms with Crippen LogP contribution in [0.2, 0.25) is 0 Å². The molecule has 0 saturated heterocycles. The molecule has 0 aliphatic heterocycles. The average Bonchev–Trinajstić information content (AvgIpc) is 3.14. The van der Waals surface area contributed by atoms with E-state index >= 15 is 0 Å². The van der Waals surface area contributed by atoms with Gasteiger partial charge in [0, 0.05) is 11.8 Å². The molecular weight excluding hydrogens is 284 g/mol. The van der Waals surface area contributed by atoms with Crippen molar-refractivity contribution in [2.24, 2.45) is 0 Å². The number of nitrogens with two attached hydrogens (primary N) is 1. The Morgan fingerprint density at radius 1 is 1.38 bits per heavy atom. The molecule has 0 aromatic carbocycles. The fourth-order valence-corrected chi connectivity index (χ4v) is 4.17. The summed E-state index contributed by atoms with van der Waals surface area (Å²) in [6.07, 6.45) is 6.34. The van der Waals surface area contributed by atoms with E-state index < -0.39 is 0 Å². The number of hydrogen-bond acceptors (Lipinski definition) is 5. The second-order valence-electron chi connectivity index (χ2n) is 5.27. The molecule has 21 heavy (non-hydrogen) atoms. The summed E-state index contributed by atoms with van der Waals surface area (Å²) >= 11 is 1.32. The molecule has 0 bridgehead atoms. The quantitative estimate of drug-likeness (QED) is 0.875. The number of ether oxygens (including phenoxy) is 1. The summed E-state index contributed by atoms with van der Waals surface area (Å²) < 4.78 is 4.94. The van der Waals surface area contributed by atoms with Crippen LogP contribution in [0, 0.1) is 0 Å². The fourth-order valence-electron chi connectivity index (χ4n) is 3.09. The van der Waals surface area contributed by atoms with Crippen LogP contribution in [-0.4, -0.2) is 18.1 Å². The largest absolute Gasteiger partial charge is 0.465 e. The minimum Gasteiger partial charge on any atom is -0.465 e. The first-order chi connectivity index (χ1) is 10.2. The highest BCUT2D eigenvalue weighted by Gasteiger charge is 2.30. The number of thiophene rings is 1. The number of carbonyl (C=O) groups is 1. The van der Waals surface area contributed by atoms with E-state index in [1.807, 2.05) is 18.2 Å². The number of pyridine rings is 1. The minimum atomic E-state index is -0.296. The highest BCUT2D eigenvalue weighted by molar-refractivity contribution is 7.18. The molecule has 1 fully saturated rings. The first-order valence-electron chi connectivity index (χ1n) is 7.14. The summed E-state index contributed by atoms with van der Waals surface area (Å²) in [5, 5.41) is 0.649. The molecule has 4 nitrogen and oxygen atoms in total. The smallest absolute Gasteiger partial charge is 0.348 e. The second kappa shape index (κ2) is 5.85. The molecule has 110 valence electrons. The molecule has 3 rings (SSSR count). The van der Waals surface area contributed by atoms with Crippen molar-refractivity contribution in [2.45, 2.75) is 31.6 Å². The van der Waals surface area contributed by atoms with Crippen LogP contribution in [0.4, 0.5) is 5.00 Å². The van der Waals surface area contributed by atoms with Crippen molar-refractivity contribution in [3.05, 3.63) is 34.8 Å². The maximum atomic E-state index is 12.1. The van der Waals surface area contributed by atoms with Crippen molar-refractivity contribution >= 4 is 22.3 Å². The van der Waals surface area contributed by atoms with Crippen molar-refractivity contribution in [2.75, 3.05) is 12.8 Å². The lowest BCUT2D eigenvalue weighted by Gasteiger charge is -2.13. The van der Waals surface area contributed by atoms with E-state index in [0.717, 1.165) is 29.7 Å². The maximum Gasteiger partial charge on any atom is 0.348 e. The van der Waals surface area contributed by atoms with Crippen LogP contribution in [0.25, 0.3) is 11.3 Å². The van der Waals surface area contributed by atoms with E-state index in [2.05, 4.69) is 4.98 Å². The monoisotopic (exact) mass is 302 g/mol. The van der Waals surface area contributed by atoms with Crippen LogP contribution >= 0.6 is 11.3 Å². The summed E-state index contributed by atoms with van der Waals surface area (Å²) in [5.74, 6) is 0.0837. The first-order valence-corrected chi connectivity index (χ1v) is 7.96.